The average Bonchev–Trinajstić information content (AvgIpc) is 2.67. The third-order valence-corrected chi connectivity index (χ3v) is 6.67. The monoisotopic (exact) mass is 385 g/mol. The van der Waals surface area contributed by atoms with Gasteiger partial charge in [0.15, 0.2) is 11.6 Å². The molecule has 1 aliphatic rings. The molecule has 0 fully saturated rings. The maximum atomic E-state index is 14.6. The average molecular weight is 385 g/mol. The van der Waals surface area contributed by atoms with Crippen LogP contribution in [0.1, 0.15) is 69.2 Å². The first-order chi connectivity index (χ1) is 13.1. The van der Waals surface area contributed by atoms with E-state index in [0.717, 1.165) is 36.6 Å². The Morgan fingerprint density at radius 3 is 2.29 bits per heavy atom. The number of hydrogen-bond acceptors (Lipinski definition) is 2. The summed E-state index contributed by atoms with van der Waals surface area (Å²) in [5, 5.41) is 7.44. The highest BCUT2D eigenvalue weighted by molar-refractivity contribution is 5.84. The van der Waals surface area contributed by atoms with Gasteiger partial charge in [0.2, 0.25) is 5.82 Å². The molecule has 0 spiro atoms. The molecule has 150 valence electrons. The van der Waals surface area contributed by atoms with Crippen LogP contribution < -0.4 is 4.74 Å². The van der Waals surface area contributed by atoms with Gasteiger partial charge in [-0.2, -0.15) is 4.39 Å². The first-order valence-electron chi connectivity index (χ1n) is 9.82. The quantitative estimate of drug-likeness (QED) is 0.585. The highest BCUT2D eigenvalue weighted by Gasteiger charge is 2.39. The summed E-state index contributed by atoms with van der Waals surface area (Å²) in [7, 11) is 1.34. The molecule has 1 unspecified atom stereocenters. The zero-order chi connectivity index (χ0) is 20.9. The second-order valence-corrected chi connectivity index (χ2v) is 8.83. The van der Waals surface area contributed by atoms with E-state index in [2.05, 4.69) is 39.8 Å². The van der Waals surface area contributed by atoms with Crippen LogP contribution in [0.3, 0.4) is 0 Å². The van der Waals surface area contributed by atoms with Gasteiger partial charge in [-0.1, -0.05) is 33.8 Å². The molecule has 1 aliphatic carbocycles. The van der Waals surface area contributed by atoms with Gasteiger partial charge in [-0.05, 0) is 71.4 Å². The summed E-state index contributed by atoms with van der Waals surface area (Å²) in [5.74, 6) is -2.21. The first-order valence-corrected chi connectivity index (χ1v) is 9.82. The van der Waals surface area contributed by atoms with E-state index in [9.17, 15) is 8.78 Å². The highest BCUT2D eigenvalue weighted by atomic mass is 19.2. The van der Waals surface area contributed by atoms with Crippen LogP contribution in [0, 0.1) is 24.0 Å². The fourth-order valence-electron chi connectivity index (χ4n) is 4.42. The van der Waals surface area contributed by atoms with Gasteiger partial charge < -0.3 is 10.1 Å². The van der Waals surface area contributed by atoms with Crippen molar-refractivity contribution in [3.63, 3.8) is 0 Å². The molecule has 2 aromatic carbocycles. The van der Waals surface area contributed by atoms with Crippen molar-refractivity contribution >= 4 is 6.21 Å². The number of nitrogens with one attached hydrogen (secondary N) is 1. The molecule has 0 radical (unpaired) electrons. The van der Waals surface area contributed by atoms with E-state index >= 15 is 0 Å². The van der Waals surface area contributed by atoms with Crippen LogP contribution in [0.15, 0.2) is 18.2 Å². The van der Waals surface area contributed by atoms with Crippen LogP contribution in [0.4, 0.5) is 8.78 Å². The molecule has 0 aliphatic heterocycles. The lowest BCUT2D eigenvalue weighted by atomic mass is 9.61. The summed E-state index contributed by atoms with van der Waals surface area (Å²) < 4.78 is 34.0. The predicted molar refractivity (Wildman–Crippen MR) is 111 cm³/mol. The van der Waals surface area contributed by atoms with Gasteiger partial charge in [-0.3, -0.25) is 0 Å². The summed E-state index contributed by atoms with van der Waals surface area (Å²) in [6.07, 6.45) is 4.11. The molecule has 0 saturated heterocycles. The third kappa shape index (κ3) is 3.03. The fraction of sp³-hybridized carbons (Fsp3) is 0.458. The van der Waals surface area contributed by atoms with Gasteiger partial charge in [0.1, 0.15) is 0 Å². The summed E-state index contributed by atoms with van der Waals surface area (Å²) >= 11 is 0. The van der Waals surface area contributed by atoms with Gasteiger partial charge in [-0.25, -0.2) is 4.39 Å². The highest BCUT2D eigenvalue weighted by Crippen LogP contribution is 2.50. The van der Waals surface area contributed by atoms with Crippen molar-refractivity contribution in [3.05, 3.63) is 52.1 Å². The maximum Gasteiger partial charge on any atom is 0.201 e. The molecule has 1 N–H and O–H groups in total. The summed E-state index contributed by atoms with van der Waals surface area (Å²) in [5.41, 5.74) is 4.95. The molecule has 3 rings (SSSR count). The van der Waals surface area contributed by atoms with Crippen molar-refractivity contribution < 1.29 is 13.5 Å². The van der Waals surface area contributed by atoms with E-state index in [1.165, 1.54) is 24.3 Å². The predicted octanol–water partition coefficient (Wildman–Crippen LogP) is 6.69. The Labute approximate surface area is 166 Å². The summed E-state index contributed by atoms with van der Waals surface area (Å²) in [6, 6.07) is 5.84. The minimum absolute atomic E-state index is 0.00263. The van der Waals surface area contributed by atoms with Crippen molar-refractivity contribution in [2.75, 3.05) is 7.11 Å². The Kier molecular flexibility index (Phi) is 5.11. The molecular weight excluding hydrogens is 356 g/mol. The molecule has 4 heteroatoms. The van der Waals surface area contributed by atoms with Crippen LogP contribution in [-0.2, 0) is 10.8 Å². The topological polar surface area (TPSA) is 33.1 Å². The van der Waals surface area contributed by atoms with Crippen molar-refractivity contribution in [2.24, 2.45) is 0 Å². The lowest BCUT2D eigenvalue weighted by molar-refractivity contribution is 0.305. The standard InChI is InChI=1S/C24H29F2NO/c1-7-24(5)9-8-23(3,4)18-12-16(14(2)10-19(18)24)17-11-15(13-27)20(25)21(26)22(17)28-6/h10-13,27H,7-9H2,1-6H3. The fourth-order valence-corrected chi connectivity index (χ4v) is 4.42. The number of methoxy groups -OCH3 is 1. The molecule has 0 saturated carbocycles. The zero-order valence-electron chi connectivity index (χ0n) is 17.6. The van der Waals surface area contributed by atoms with Crippen molar-refractivity contribution in [3.8, 4) is 16.9 Å². The van der Waals surface area contributed by atoms with Gasteiger partial charge >= 0.3 is 0 Å². The summed E-state index contributed by atoms with van der Waals surface area (Å²) in [4.78, 5) is 0. The molecule has 0 amide bonds. The number of hydrogen-bond donors (Lipinski definition) is 1. The van der Waals surface area contributed by atoms with Crippen molar-refractivity contribution in [1.29, 1.82) is 5.41 Å². The van der Waals surface area contributed by atoms with E-state index in [1.807, 2.05) is 6.92 Å². The number of halogens is 2. The van der Waals surface area contributed by atoms with Crippen LogP contribution in [0.5, 0.6) is 5.75 Å². The molecule has 0 bridgehead atoms. The number of rotatable bonds is 4. The molecule has 0 aromatic heterocycles. The second kappa shape index (κ2) is 6.98. The summed E-state index contributed by atoms with van der Waals surface area (Å²) in [6.45, 7) is 11.0. The zero-order valence-corrected chi connectivity index (χ0v) is 17.6. The number of fused-ring (bicyclic) bond motifs is 1. The SMILES string of the molecule is CCC1(C)CCC(C)(C)c2cc(-c3cc(C=N)c(F)c(F)c3OC)c(C)cc21. The Morgan fingerprint density at radius 2 is 1.71 bits per heavy atom. The van der Waals surface area contributed by atoms with E-state index in [0.29, 0.717) is 5.56 Å². The van der Waals surface area contributed by atoms with Gasteiger partial charge in [0.05, 0.1) is 7.11 Å². The van der Waals surface area contributed by atoms with Gasteiger partial charge in [0, 0.05) is 17.3 Å². The lowest BCUT2D eigenvalue weighted by Gasteiger charge is -2.44. The number of aryl methyl sites for hydroxylation is 1. The Bertz CT molecular complexity index is 948. The van der Waals surface area contributed by atoms with Crippen LogP contribution >= 0.6 is 0 Å². The number of benzene rings is 2. The molecular formula is C24H29F2NO. The van der Waals surface area contributed by atoms with Crippen LogP contribution in [-0.4, -0.2) is 13.3 Å². The lowest BCUT2D eigenvalue weighted by Crippen LogP contribution is -2.35. The molecule has 28 heavy (non-hydrogen) atoms. The largest absolute Gasteiger partial charge is 0.493 e. The number of ether oxygens (including phenoxy) is 1. The smallest absolute Gasteiger partial charge is 0.201 e. The second-order valence-electron chi connectivity index (χ2n) is 8.83. The van der Waals surface area contributed by atoms with Crippen LogP contribution in [0.2, 0.25) is 0 Å². The normalized spacial score (nSPS) is 20.6. The molecule has 0 heterocycles. The van der Waals surface area contributed by atoms with Crippen molar-refractivity contribution in [1.82, 2.24) is 0 Å². The minimum atomic E-state index is -1.05. The molecule has 2 aromatic rings. The molecule has 1 atom stereocenters. The maximum absolute atomic E-state index is 14.6. The van der Waals surface area contributed by atoms with Gasteiger partial charge in [0.25, 0.3) is 0 Å². The van der Waals surface area contributed by atoms with Crippen LogP contribution in [0.25, 0.3) is 11.1 Å². The van der Waals surface area contributed by atoms with E-state index < -0.39 is 11.6 Å². The third-order valence-electron chi connectivity index (χ3n) is 6.67. The van der Waals surface area contributed by atoms with E-state index in [4.69, 9.17) is 10.1 Å². The minimum Gasteiger partial charge on any atom is -0.493 e. The van der Waals surface area contributed by atoms with E-state index in [1.54, 1.807) is 0 Å². The molecule has 2 nitrogen and oxygen atoms in total. The Morgan fingerprint density at radius 1 is 1.04 bits per heavy atom. The van der Waals surface area contributed by atoms with Gasteiger partial charge in [-0.15, -0.1) is 0 Å². The van der Waals surface area contributed by atoms with E-state index in [-0.39, 0.29) is 22.1 Å². The Balaban J connectivity index is 2.35. The van der Waals surface area contributed by atoms with Crippen molar-refractivity contribution in [2.45, 2.75) is 64.7 Å². The Hall–Kier alpha value is -2.23. The first kappa shape index (κ1) is 20.5.